The minimum Gasteiger partial charge on any atom is -0.456 e. The molecule has 26 heavy (non-hydrogen) atoms. The van der Waals surface area contributed by atoms with Gasteiger partial charge in [0.05, 0.1) is 11.0 Å². The Labute approximate surface area is 148 Å². The molecule has 0 amide bonds. The van der Waals surface area contributed by atoms with Crippen LogP contribution in [0.4, 0.5) is 0 Å². The number of hydrogen-bond acceptors (Lipinski definition) is 1. The number of aromatic nitrogens is 1. The first kappa shape index (κ1) is 12.8. The van der Waals surface area contributed by atoms with Crippen molar-refractivity contribution in [2.45, 2.75) is 0 Å². The molecule has 7 rings (SSSR count). The highest BCUT2D eigenvalue weighted by atomic mass is 16.3. The van der Waals surface area contributed by atoms with Crippen molar-refractivity contribution in [3.8, 4) is 0 Å². The predicted molar refractivity (Wildman–Crippen MR) is 108 cm³/mol. The molecule has 2 nitrogen and oxygen atoms in total. The first-order chi connectivity index (χ1) is 12.9. The third-order valence-electron chi connectivity index (χ3n) is 5.72. The van der Waals surface area contributed by atoms with Crippen LogP contribution in [0.5, 0.6) is 0 Å². The molecule has 0 aliphatic carbocycles. The summed E-state index contributed by atoms with van der Waals surface area (Å²) in [6.45, 7) is 0. The van der Waals surface area contributed by atoms with Gasteiger partial charge in [0.1, 0.15) is 11.2 Å². The lowest BCUT2D eigenvalue weighted by Crippen LogP contribution is -1.77. The molecule has 2 heteroatoms. The van der Waals surface area contributed by atoms with Crippen molar-refractivity contribution < 1.29 is 4.42 Å². The zero-order valence-electron chi connectivity index (χ0n) is 13.9. The molecule has 0 bridgehead atoms. The molecule has 7 aromatic rings. The largest absolute Gasteiger partial charge is 0.456 e. The lowest BCUT2D eigenvalue weighted by atomic mass is 10.0. The maximum absolute atomic E-state index is 6.19. The molecule has 120 valence electrons. The van der Waals surface area contributed by atoms with Crippen LogP contribution in [0.25, 0.3) is 59.9 Å². The van der Waals surface area contributed by atoms with Crippen molar-refractivity contribution in [1.29, 1.82) is 0 Å². The van der Waals surface area contributed by atoms with Crippen molar-refractivity contribution in [3.63, 3.8) is 0 Å². The fourth-order valence-corrected chi connectivity index (χ4v) is 4.60. The highest BCUT2D eigenvalue weighted by Gasteiger charge is 2.18. The van der Waals surface area contributed by atoms with Gasteiger partial charge in [-0.25, -0.2) is 0 Å². The number of para-hydroxylation sites is 1. The summed E-state index contributed by atoms with van der Waals surface area (Å²) in [7, 11) is 0. The molecule has 3 heterocycles. The molecule has 0 aliphatic rings. The fourth-order valence-electron chi connectivity index (χ4n) is 4.60. The Kier molecular flexibility index (Phi) is 2.05. The molecule has 0 fully saturated rings. The topological polar surface area (TPSA) is 17.6 Å². The van der Waals surface area contributed by atoms with Gasteiger partial charge in [0, 0.05) is 33.1 Å². The minimum absolute atomic E-state index is 0.952. The third-order valence-corrected chi connectivity index (χ3v) is 5.72. The van der Waals surface area contributed by atoms with Crippen LogP contribution in [0.2, 0.25) is 0 Å². The van der Waals surface area contributed by atoms with E-state index < -0.39 is 0 Å². The Morgan fingerprint density at radius 1 is 0.615 bits per heavy atom. The van der Waals surface area contributed by atoms with Gasteiger partial charge < -0.3 is 8.82 Å². The van der Waals surface area contributed by atoms with E-state index in [9.17, 15) is 0 Å². The molecular weight excluding hydrogens is 318 g/mol. The molecule has 0 unspecified atom stereocenters. The molecule has 0 aliphatic heterocycles. The van der Waals surface area contributed by atoms with Gasteiger partial charge in [0.25, 0.3) is 0 Å². The van der Waals surface area contributed by atoms with Gasteiger partial charge in [-0.15, -0.1) is 0 Å². The lowest BCUT2D eigenvalue weighted by Gasteiger charge is -1.99. The molecule has 0 saturated carbocycles. The van der Waals surface area contributed by atoms with E-state index in [4.69, 9.17) is 4.42 Å². The highest BCUT2D eigenvalue weighted by molar-refractivity contribution is 6.28. The average Bonchev–Trinajstić information content (AvgIpc) is 3.34. The molecular formula is C24H13NO. The van der Waals surface area contributed by atoms with Crippen LogP contribution in [0.3, 0.4) is 0 Å². The van der Waals surface area contributed by atoms with Crippen LogP contribution in [-0.2, 0) is 0 Å². The lowest BCUT2D eigenvalue weighted by molar-refractivity contribution is 0.669. The summed E-state index contributed by atoms with van der Waals surface area (Å²) < 4.78 is 8.52. The second-order valence-corrected chi connectivity index (χ2v) is 7.06. The van der Waals surface area contributed by atoms with E-state index in [2.05, 4.69) is 71.3 Å². The Balaban J connectivity index is 1.81. The van der Waals surface area contributed by atoms with Crippen LogP contribution in [0, 0.1) is 0 Å². The standard InChI is InChI=1S/C24H13NO/c1-2-6-15-12-20-18(11-14(15)5-1)19-13-22-23(17-9-10-25(20)24(17)19)16-7-3-4-8-21(16)26-22/h1-13H. The average molecular weight is 331 g/mol. The van der Waals surface area contributed by atoms with Crippen LogP contribution in [0.15, 0.2) is 83.4 Å². The van der Waals surface area contributed by atoms with Gasteiger partial charge in [0.2, 0.25) is 0 Å². The van der Waals surface area contributed by atoms with Gasteiger partial charge in [-0.05, 0) is 41.1 Å². The van der Waals surface area contributed by atoms with Crippen molar-refractivity contribution in [1.82, 2.24) is 4.40 Å². The molecule has 3 aromatic heterocycles. The maximum Gasteiger partial charge on any atom is 0.136 e. The number of hydrogen-bond donors (Lipinski definition) is 0. The van der Waals surface area contributed by atoms with Gasteiger partial charge in [0.15, 0.2) is 0 Å². The van der Waals surface area contributed by atoms with E-state index >= 15 is 0 Å². The molecule has 0 radical (unpaired) electrons. The smallest absolute Gasteiger partial charge is 0.136 e. The number of rotatable bonds is 0. The Hall–Kier alpha value is -3.52. The SMILES string of the molecule is c1ccc2cc3c(cc2c1)c1cc2oc4ccccc4c2c2ccn3c12. The fraction of sp³-hybridized carbons (Fsp3) is 0. The Morgan fingerprint density at radius 3 is 2.35 bits per heavy atom. The van der Waals surface area contributed by atoms with Crippen LogP contribution in [0.1, 0.15) is 0 Å². The number of fused-ring (bicyclic) bond motifs is 8. The van der Waals surface area contributed by atoms with Gasteiger partial charge in [-0.2, -0.15) is 0 Å². The highest BCUT2D eigenvalue weighted by Crippen LogP contribution is 2.42. The predicted octanol–water partition coefficient (Wildman–Crippen LogP) is 6.74. The van der Waals surface area contributed by atoms with Crippen molar-refractivity contribution >= 4 is 59.9 Å². The minimum atomic E-state index is 0.952. The third kappa shape index (κ3) is 1.36. The Bertz CT molecular complexity index is 1620. The second kappa shape index (κ2) is 4.17. The van der Waals surface area contributed by atoms with Gasteiger partial charge in [-0.3, -0.25) is 0 Å². The van der Waals surface area contributed by atoms with Gasteiger partial charge in [-0.1, -0.05) is 42.5 Å². The van der Waals surface area contributed by atoms with E-state index in [1.165, 1.54) is 48.7 Å². The second-order valence-electron chi connectivity index (χ2n) is 7.06. The van der Waals surface area contributed by atoms with E-state index in [1.54, 1.807) is 0 Å². The summed E-state index contributed by atoms with van der Waals surface area (Å²) in [6, 6.07) is 25.9. The zero-order valence-corrected chi connectivity index (χ0v) is 13.9. The molecule has 0 N–H and O–H groups in total. The first-order valence-corrected chi connectivity index (χ1v) is 8.87. The summed E-state index contributed by atoms with van der Waals surface area (Å²) in [5.74, 6) is 0. The number of nitrogens with zero attached hydrogens (tertiary/aromatic N) is 1. The molecule has 4 aromatic carbocycles. The van der Waals surface area contributed by atoms with Crippen molar-refractivity contribution in [2.24, 2.45) is 0 Å². The molecule has 0 saturated heterocycles. The van der Waals surface area contributed by atoms with E-state index in [0.717, 1.165) is 11.2 Å². The van der Waals surface area contributed by atoms with E-state index in [-0.39, 0.29) is 0 Å². The number of furan rings is 1. The summed E-state index contributed by atoms with van der Waals surface area (Å²) in [5, 5.41) is 8.76. The van der Waals surface area contributed by atoms with Crippen LogP contribution >= 0.6 is 0 Å². The summed E-state index contributed by atoms with van der Waals surface area (Å²) >= 11 is 0. The molecule has 0 atom stereocenters. The monoisotopic (exact) mass is 331 g/mol. The van der Waals surface area contributed by atoms with Crippen molar-refractivity contribution in [2.75, 3.05) is 0 Å². The summed E-state index contributed by atoms with van der Waals surface area (Å²) in [4.78, 5) is 0. The first-order valence-electron chi connectivity index (χ1n) is 8.87. The molecule has 0 spiro atoms. The summed E-state index contributed by atoms with van der Waals surface area (Å²) in [5.41, 5.74) is 4.46. The zero-order chi connectivity index (χ0) is 16.8. The summed E-state index contributed by atoms with van der Waals surface area (Å²) in [6.07, 6.45) is 2.19. The van der Waals surface area contributed by atoms with Crippen LogP contribution in [-0.4, -0.2) is 4.40 Å². The van der Waals surface area contributed by atoms with E-state index in [1.807, 2.05) is 12.1 Å². The number of benzene rings is 4. The van der Waals surface area contributed by atoms with E-state index in [0.29, 0.717) is 0 Å². The van der Waals surface area contributed by atoms with Crippen molar-refractivity contribution in [3.05, 3.63) is 79.0 Å². The Morgan fingerprint density at radius 2 is 1.42 bits per heavy atom. The quantitative estimate of drug-likeness (QED) is 0.301. The van der Waals surface area contributed by atoms with Crippen LogP contribution < -0.4 is 0 Å². The maximum atomic E-state index is 6.19. The normalized spacial score (nSPS) is 12.6. The van der Waals surface area contributed by atoms with Gasteiger partial charge >= 0.3 is 0 Å².